The van der Waals surface area contributed by atoms with E-state index in [4.69, 9.17) is 4.98 Å². The van der Waals surface area contributed by atoms with Gasteiger partial charge in [-0.2, -0.15) is 46.7 Å². The van der Waals surface area contributed by atoms with Gasteiger partial charge in [-0.3, -0.25) is 37.9 Å². The Kier molecular flexibility index (Phi) is 20.6. The number of hydrogen-bond acceptors (Lipinski definition) is 21. The molecule has 8 aromatic rings. The van der Waals surface area contributed by atoms with Crippen LogP contribution >= 0.6 is 0 Å². The molecule has 8 aliphatic heterocycles. The molecule has 11 fully saturated rings. The van der Waals surface area contributed by atoms with Crippen LogP contribution in [0, 0.1) is 28.1 Å². The second-order valence-corrected chi connectivity index (χ2v) is 34.7. The molecule has 8 aromatic heterocycles. The summed E-state index contributed by atoms with van der Waals surface area (Å²) in [6, 6.07) is 7.81. The number of hydrogen-bond donors (Lipinski definition) is 4. The summed E-state index contributed by atoms with van der Waals surface area (Å²) in [6.07, 6.45) is 33.9. The molecule has 7 saturated carbocycles. The normalized spacial score (nSPS) is 28.3. The van der Waals surface area contributed by atoms with Crippen LogP contribution in [-0.4, -0.2) is 202 Å². The Morgan fingerprint density at radius 3 is 1.08 bits per heavy atom. The molecular formula is C83H92F8N24O5. The van der Waals surface area contributed by atoms with Crippen molar-refractivity contribution < 1.29 is 59.0 Å². The molecule has 0 spiro atoms. The van der Waals surface area contributed by atoms with Crippen LogP contribution in [0.5, 0.6) is 0 Å². The van der Waals surface area contributed by atoms with Crippen molar-refractivity contribution in [3.8, 4) is 0 Å². The molecular weight excluding hydrogens is 1570 g/mol. The van der Waals surface area contributed by atoms with Gasteiger partial charge < -0.3 is 45.6 Å². The second kappa shape index (κ2) is 31.0. The standard InChI is InChI=1S/C22H23F3N6O.C21H24F2N6O.C21H24N6O.C19H21F3N6O2/c1-30-9-14(8-27-30)28-19-26-5-4-17(29-19)13-6-15-2-3-16(7-13)31(15)18(32)20-10-21(11-20,12-20)22(23,24)25;1-28-12-15(11-25-28)26-20-24-7-5-18(27-20)14-8-16-2-3-17(9-14)29(16)19(30)13-4-6-21(22,23)10-13;1-26-12-15(11-23-26)24-20-22-5-4-18(25-20)14-6-16-2-3-17(7-14)27(16)19(28)21-8-13(9-21)10-21;1-27-9-13(8-24-27)25-18-23-5-4-16(26-18)12-6-14-2-3-15(7-12)28(14)17(29)10-30-11-19(20,21)22/h4-6,8-9,15-16H,2-3,7,10-12H2,1H3,(H,26,28,29);5,7-8,11-13,16-17H,2-4,6,9-10H2,1H3,(H,24,26,27);4-6,11-13,16-17H,2-3,7-10H2,1H3,(H,22,24,25);4-6,8-9,14-15H,2-3,7,10-11H2,1H3,(H,23,25,26). The number of fused-ring (bicyclic) bond motifs is 8. The molecule has 9 atom stereocenters. The first kappa shape index (κ1) is 79.7. The molecule has 29 nitrogen and oxygen atoms in total. The Labute approximate surface area is 685 Å². The number of rotatable bonds is 18. The lowest BCUT2D eigenvalue weighted by Crippen LogP contribution is -2.73. The van der Waals surface area contributed by atoms with Crippen molar-refractivity contribution in [1.82, 2.24) is 98.6 Å². The number of carbonyl (C=O) groups excluding carboxylic acids is 4. The minimum atomic E-state index is -4.44. The molecule has 630 valence electrons. The van der Waals surface area contributed by atoms with Gasteiger partial charge >= 0.3 is 12.4 Å². The Balaban J connectivity index is 0.000000110. The third-order valence-corrected chi connectivity index (χ3v) is 26.2. The van der Waals surface area contributed by atoms with Crippen molar-refractivity contribution in [3.05, 3.63) is 146 Å². The van der Waals surface area contributed by atoms with Crippen LogP contribution in [0.1, 0.15) is 158 Å². The van der Waals surface area contributed by atoms with E-state index in [2.05, 4.69) is 104 Å². The van der Waals surface area contributed by atoms with E-state index in [0.717, 1.165) is 145 Å². The topological polar surface area (TPSA) is 313 Å². The number of aromatic nitrogens is 16. The minimum absolute atomic E-state index is 0.0204. The molecule has 37 heteroatoms. The lowest BCUT2D eigenvalue weighted by Gasteiger charge is -2.70. The predicted molar refractivity (Wildman–Crippen MR) is 423 cm³/mol. The van der Waals surface area contributed by atoms with Gasteiger partial charge in [0.1, 0.15) is 13.2 Å². The van der Waals surface area contributed by atoms with Gasteiger partial charge in [0.15, 0.2) is 0 Å². The van der Waals surface area contributed by atoms with Crippen LogP contribution in [0.25, 0.3) is 22.3 Å². The molecule has 0 radical (unpaired) electrons. The van der Waals surface area contributed by atoms with Crippen LogP contribution in [0.3, 0.4) is 0 Å². The Morgan fingerprint density at radius 1 is 0.450 bits per heavy atom. The van der Waals surface area contributed by atoms with E-state index in [1.54, 1.807) is 79.4 Å². The number of ether oxygens (including phenoxy) is 1. The molecule has 0 aromatic carbocycles. The van der Waals surface area contributed by atoms with E-state index in [9.17, 15) is 54.3 Å². The lowest BCUT2D eigenvalue weighted by molar-refractivity contribution is -0.353. The molecule has 120 heavy (non-hydrogen) atoms. The summed E-state index contributed by atoms with van der Waals surface area (Å²) in [4.78, 5) is 95.1. The number of amides is 4. The van der Waals surface area contributed by atoms with E-state index in [1.807, 2.05) is 86.9 Å². The molecule has 23 rings (SSSR count). The van der Waals surface area contributed by atoms with Gasteiger partial charge in [-0.25, -0.2) is 48.7 Å². The largest absolute Gasteiger partial charge is 0.411 e. The van der Waals surface area contributed by atoms with E-state index < -0.39 is 54.1 Å². The van der Waals surface area contributed by atoms with Crippen LogP contribution in [-0.2, 0) is 52.1 Å². The summed E-state index contributed by atoms with van der Waals surface area (Å²) in [5.41, 5.74) is 8.59. The number of anilines is 8. The van der Waals surface area contributed by atoms with Gasteiger partial charge in [0, 0.05) is 121 Å². The summed E-state index contributed by atoms with van der Waals surface area (Å²) < 4.78 is 115. The van der Waals surface area contributed by atoms with Crippen molar-refractivity contribution in [2.75, 3.05) is 34.5 Å². The van der Waals surface area contributed by atoms with Gasteiger partial charge in [-0.15, -0.1) is 0 Å². The van der Waals surface area contributed by atoms with E-state index in [-0.39, 0.29) is 98.0 Å². The van der Waals surface area contributed by atoms with Crippen molar-refractivity contribution in [2.24, 2.45) is 56.3 Å². The van der Waals surface area contributed by atoms with Gasteiger partial charge in [0.25, 0.3) is 0 Å². The van der Waals surface area contributed by atoms with E-state index in [1.165, 1.54) is 5.57 Å². The highest BCUT2D eigenvalue weighted by Gasteiger charge is 2.81. The fourth-order valence-corrected chi connectivity index (χ4v) is 20.6. The monoisotopic (exact) mass is 1660 g/mol. The highest BCUT2D eigenvalue weighted by atomic mass is 19.4. The maximum absolute atomic E-state index is 13.6. The summed E-state index contributed by atoms with van der Waals surface area (Å²) >= 11 is 0. The van der Waals surface area contributed by atoms with Crippen molar-refractivity contribution in [1.29, 1.82) is 0 Å². The Hall–Kier alpha value is -11.4. The number of aryl methyl sites for hydroxylation is 4. The first-order chi connectivity index (χ1) is 57.4. The number of nitrogens with one attached hydrogen (secondary N) is 4. The molecule has 9 unspecified atom stereocenters. The average Bonchev–Trinajstić information content (AvgIpc) is 0.963. The quantitative estimate of drug-likeness (QED) is 0.0580. The summed E-state index contributed by atoms with van der Waals surface area (Å²) in [5, 5.41) is 29.1. The highest BCUT2D eigenvalue weighted by Crippen LogP contribution is 2.79. The summed E-state index contributed by atoms with van der Waals surface area (Å²) in [6.45, 7) is -1.99. The Bertz CT molecular complexity index is 5360. The molecule has 16 heterocycles. The molecule has 4 saturated heterocycles. The van der Waals surface area contributed by atoms with E-state index >= 15 is 0 Å². The zero-order chi connectivity index (χ0) is 83.4. The first-order valence-corrected chi connectivity index (χ1v) is 41.0. The smallest absolute Gasteiger partial charge is 0.362 e. The summed E-state index contributed by atoms with van der Waals surface area (Å²) in [5.74, 6) is -0.605. The van der Waals surface area contributed by atoms with Gasteiger partial charge in [0.2, 0.25) is 53.3 Å². The molecule has 15 aliphatic rings. The fourth-order valence-electron chi connectivity index (χ4n) is 20.6. The molecule has 12 bridgehead atoms. The number of halogens is 8. The van der Waals surface area contributed by atoms with Gasteiger partial charge in [0.05, 0.1) is 111 Å². The number of nitrogens with zero attached hydrogens (tertiary/aromatic N) is 20. The maximum Gasteiger partial charge on any atom is 0.411 e. The van der Waals surface area contributed by atoms with E-state index in [0.29, 0.717) is 55.0 Å². The fraction of sp³-hybridized carbons (Fsp3) is 0.518. The zero-order valence-electron chi connectivity index (χ0n) is 66.6. The zero-order valence-corrected chi connectivity index (χ0v) is 66.6. The number of carbonyl (C=O) groups is 4. The molecule has 4 N–H and O–H groups in total. The van der Waals surface area contributed by atoms with Crippen LogP contribution in [0.15, 0.2) is 123 Å². The van der Waals surface area contributed by atoms with Crippen molar-refractivity contribution in [3.63, 3.8) is 0 Å². The summed E-state index contributed by atoms with van der Waals surface area (Å²) in [7, 11) is 7.36. The van der Waals surface area contributed by atoms with Crippen LogP contribution in [0.2, 0.25) is 0 Å². The van der Waals surface area contributed by atoms with Crippen molar-refractivity contribution in [2.45, 2.75) is 201 Å². The van der Waals surface area contributed by atoms with Crippen LogP contribution < -0.4 is 21.3 Å². The third-order valence-electron chi connectivity index (χ3n) is 26.2. The third kappa shape index (κ3) is 16.0. The predicted octanol–water partition coefficient (Wildman–Crippen LogP) is 12.9. The molecule has 4 amide bonds. The van der Waals surface area contributed by atoms with Gasteiger partial charge in [-0.05, 0) is 174 Å². The Morgan fingerprint density at radius 2 is 0.792 bits per heavy atom. The van der Waals surface area contributed by atoms with Crippen molar-refractivity contribution >= 4 is 92.5 Å². The molecule has 7 aliphatic carbocycles. The highest BCUT2D eigenvalue weighted by molar-refractivity contribution is 5.90. The average molecular weight is 1660 g/mol. The first-order valence-electron chi connectivity index (χ1n) is 41.0. The second-order valence-electron chi connectivity index (χ2n) is 34.7. The van der Waals surface area contributed by atoms with Crippen LogP contribution in [0.4, 0.5) is 81.7 Å². The maximum atomic E-state index is 13.6. The minimum Gasteiger partial charge on any atom is -0.362 e. The SMILES string of the molecule is Cn1cc(Nc2nccc(C3=CC4CCC(C3)N4C(=O)C34CC(C(F)(F)F)(C3)C4)n2)cn1.Cn1cc(Nc2nccc(C3=CC4CCC(C3)N4C(=O)C34CC(C3)C4)n2)cn1.Cn1cc(Nc2nccc(C3=CC4CCC(C3)N4C(=O)C3CCC(F)(F)C3)n2)cn1.Cn1cc(Nc2nccc(C3=CC4CCC(C3)N4C(=O)COCC(F)(F)F)n2)cn1. The lowest BCUT2D eigenvalue weighted by atomic mass is 9.34. The van der Waals surface area contributed by atoms with Gasteiger partial charge in [-0.1, -0.05) is 24.3 Å². The number of alkyl halides is 8.